The molecule has 0 amide bonds. The lowest BCUT2D eigenvalue weighted by Gasteiger charge is -2.17. The van der Waals surface area contributed by atoms with Crippen molar-refractivity contribution in [1.29, 1.82) is 0 Å². The smallest absolute Gasteiger partial charge is 0.282 e. The van der Waals surface area contributed by atoms with Crippen molar-refractivity contribution >= 4 is 49.0 Å². The van der Waals surface area contributed by atoms with E-state index in [1.807, 2.05) is 73.7 Å². The molecule has 5 rings (SSSR count). The first-order valence-corrected chi connectivity index (χ1v) is 15.3. The van der Waals surface area contributed by atoms with Crippen molar-refractivity contribution in [2.24, 2.45) is 5.10 Å². The average Bonchev–Trinajstić information content (AvgIpc) is 3.00. The second kappa shape index (κ2) is 13.1. The number of methoxy groups -OCH3 is 2. The number of aryl methyl sites for hydroxylation is 1. The van der Waals surface area contributed by atoms with Crippen molar-refractivity contribution in [2.75, 3.05) is 14.2 Å². The summed E-state index contributed by atoms with van der Waals surface area (Å²) in [4.78, 5) is 18.7. The zero-order chi connectivity index (χ0) is 30.7. The molecule has 0 aliphatic heterocycles. The highest BCUT2D eigenvalue weighted by atomic mass is 79.9. The lowest BCUT2D eigenvalue weighted by molar-refractivity contribution is 0.284. The Labute approximate surface area is 267 Å². The Morgan fingerprint density at radius 1 is 0.930 bits per heavy atom. The number of nitrogens with zero attached hydrogens (tertiary/aromatic N) is 3. The monoisotopic (exact) mass is 703 g/mol. The van der Waals surface area contributed by atoms with Gasteiger partial charge in [0.05, 0.1) is 31.3 Å². The van der Waals surface area contributed by atoms with Crippen LogP contribution in [0.5, 0.6) is 17.2 Å². The predicted octanol–water partition coefficient (Wildman–Crippen LogP) is 8.50. The van der Waals surface area contributed by atoms with Crippen LogP contribution in [-0.4, -0.2) is 30.1 Å². The molecule has 0 radical (unpaired) electrons. The number of ether oxygens (including phenoxy) is 3. The van der Waals surface area contributed by atoms with E-state index in [0.29, 0.717) is 40.4 Å². The van der Waals surface area contributed by atoms with E-state index in [1.165, 1.54) is 4.68 Å². The molecule has 0 N–H and O–H groups in total. The van der Waals surface area contributed by atoms with E-state index in [1.54, 1.807) is 26.5 Å². The molecule has 1 aromatic heterocycles. The quantitative estimate of drug-likeness (QED) is 0.144. The maximum atomic E-state index is 13.8. The van der Waals surface area contributed by atoms with E-state index in [2.05, 4.69) is 50.8 Å². The largest absolute Gasteiger partial charge is 0.496 e. The Balaban J connectivity index is 1.58. The molecule has 0 unspecified atom stereocenters. The van der Waals surface area contributed by atoms with Gasteiger partial charge in [-0.1, -0.05) is 54.0 Å². The molecule has 0 aliphatic rings. The summed E-state index contributed by atoms with van der Waals surface area (Å²) >= 11 is 7.10. The molecule has 0 fully saturated rings. The van der Waals surface area contributed by atoms with Gasteiger partial charge in [0.1, 0.15) is 12.4 Å². The van der Waals surface area contributed by atoms with E-state index in [0.717, 1.165) is 36.9 Å². The highest BCUT2D eigenvalue weighted by Crippen LogP contribution is 2.35. The van der Waals surface area contributed by atoms with Crippen LogP contribution in [0.3, 0.4) is 0 Å². The fourth-order valence-corrected chi connectivity index (χ4v) is 5.45. The first-order valence-electron chi connectivity index (χ1n) is 13.7. The van der Waals surface area contributed by atoms with Gasteiger partial charge < -0.3 is 14.2 Å². The minimum atomic E-state index is -0.268. The maximum absolute atomic E-state index is 13.8. The summed E-state index contributed by atoms with van der Waals surface area (Å²) in [6, 6.07) is 22.9. The number of fused-ring (bicyclic) bond motifs is 1. The molecule has 0 atom stereocenters. The fourth-order valence-electron chi connectivity index (χ4n) is 4.76. The van der Waals surface area contributed by atoms with Crippen LogP contribution in [0, 0.1) is 6.92 Å². The Morgan fingerprint density at radius 3 is 2.35 bits per heavy atom. The Bertz CT molecular complexity index is 1880. The second-order valence-corrected chi connectivity index (χ2v) is 12.1. The zero-order valence-electron chi connectivity index (χ0n) is 24.5. The van der Waals surface area contributed by atoms with Crippen LogP contribution < -0.4 is 19.8 Å². The van der Waals surface area contributed by atoms with Gasteiger partial charge >= 0.3 is 0 Å². The number of halogens is 2. The summed E-state index contributed by atoms with van der Waals surface area (Å²) in [5, 5.41) is 5.16. The van der Waals surface area contributed by atoms with Crippen molar-refractivity contribution in [1.82, 2.24) is 9.66 Å². The molecule has 0 saturated heterocycles. The van der Waals surface area contributed by atoms with Gasteiger partial charge in [0.15, 0.2) is 17.3 Å². The Kier molecular flexibility index (Phi) is 9.32. The molecule has 0 aliphatic carbocycles. The van der Waals surface area contributed by atoms with Crippen molar-refractivity contribution in [2.45, 2.75) is 33.3 Å². The molecule has 0 saturated carbocycles. The Morgan fingerprint density at radius 2 is 1.65 bits per heavy atom. The van der Waals surface area contributed by atoms with E-state index in [4.69, 9.17) is 19.2 Å². The van der Waals surface area contributed by atoms with Crippen LogP contribution in [0.4, 0.5) is 0 Å². The van der Waals surface area contributed by atoms with Crippen molar-refractivity contribution in [3.63, 3.8) is 0 Å². The van der Waals surface area contributed by atoms with Gasteiger partial charge in [0.25, 0.3) is 5.56 Å². The third kappa shape index (κ3) is 6.53. The standard InChI is InChI=1S/C34H31Br2N3O4/c1-20(2)26-16-27(21(3)14-30(26)41-4)33-38-29-9-7-6-8-25(29)34(40)39(33)37-18-23-15-31(42-5)32(17-28(23)36)43-19-22-10-12-24(35)13-11-22/h6-18,20H,19H2,1-5H3. The lowest BCUT2D eigenvalue weighted by atomic mass is 9.96. The molecule has 5 aromatic rings. The zero-order valence-corrected chi connectivity index (χ0v) is 27.7. The number of hydrogen-bond acceptors (Lipinski definition) is 6. The predicted molar refractivity (Wildman–Crippen MR) is 179 cm³/mol. The maximum Gasteiger partial charge on any atom is 0.282 e. The number of aromatic nitrogens is 2. The van der Waals surface area contributed by atoms with E-state index >= 15 is 0 Å². The first-order chi connectivity index (χ1) is 20.7. The van der Waals surface area contributed by atoms with Crippen molar-refractivity contribution < 1.29 is 14.2 Å². The molecule has 0 spiro atoms. The summed E-state index contributed by atoms with van der Waals surface area (Å²) in [7, 11) is 3.25. The van der Waals surface area contributed by atoms with E-state index in [-0.39, 0.29) is 11.5 Å². The molecule has 43 heavy (non-hydrogen) atoms. The van der Waals surface area contributed by atoms with Crippen LogP contribution >= 0.6 is 31.9 Å². The summed E-state index contributed by atoms with van der Waals surface area (Å²) in [6.45, 7) is 6.57. The minimum Gasteiger partial charge on any atom is -0.496 e. The summed E-state index contributed by atoms with van der Waals surface area (Å²) in [5.41, 5.74) is 4.80. The van der Waals surface area contributed by atoms with Gasteiger partial charge in [-0.15, -0.1) is 0 Å². The highest BCUT2D eigenvalue weighted by molar-refractivity contribution is 9.10. The second-order valence-electron chi connectivity index (χ2n) is 10.3. The molecule has 220 valence electrons. The van der Waals surface area contributed by atoms with Gasteiger partial charge in [0, 0.05) is 20.1 Å². The fraction of sp³-hybridized carbons (Fsp3) is 0.206. The topological polar surface area (TPSA) is 74.9 Å². The number of hydrogen-bond donors (Lipinski definition) is 0. The molecule has 0 bridgehead atoms. The average molecular weight is 705 g/mol. The van der Waals surface area contributed by atoms with Crippen LogP contribution in [0.15, 0.2) is 91.6 Å². The van der Waals surface area contributed by atoms with Gasteiger partial charge in [-0.25, -0.2) is 4.98 Å². The van der Waals surface area contributed by atoms with Crippen molar-refractivity contribution in [3.8, 4) is 28.6 Å². The third-order valence-electron chi connectivity index (χ3n) is 7.10. The van der Waals surface area contributed by atoms with Crippen LogP contribution in [0.25, 0.3) is 22.3 Å². The lowest BCUT2D eigenvalue weighted by Crippen LogP contribution is -2.21. The SMILES string of the molecule is COc1cc(C=Nn2c(-c3cc(C(C)C)c(OC)cc3C)nc3ccccc3c2=O)c(Br)cc1OCc1ccc(Br)cc1. The first kappa shape index (κ1) is 30.5. The number of benzene rings is 4. The van der Waals surface area contributed by atoms with E-state index in [9.17, 15) is 4.79 Å². The molecular weight excluding hydrogens is 674 g/mol. The van der Waals surface area contributed by atoms with Crippen LogP contribution in [0.1, 0.15) is 42.0 Å². The molecule has 4 aromatic carbocycles. The molecule has 1 heterocycles. The van der Waals surface area contributed by atoms with Crippen molar-refractivity contribution in [3.05, 3.63) is 114 Å². The molecular formula is C34H31Br2N3O4. The van der Waals surface area contributed by atoms with Gasteiger partial charge in [-0.05, 0) is 94.0 Å². The normalized spacial score (nSPS) is 11.4. The van der Waals surface area contributed by atoms with Gasteiger partial charge in [-0.3, -0.25) is 4.79 Å². The summed E-state index contributed by atoms with van der Waals surface area (Å²) in [6.07, 6.45) is 1.62. The van der Waals surface area contributed by atoms with Gasteiger partial charge in [0.2, 0.25) is 0 Å². The van der Waals surface area contributed by atoms with Gasteiger partial charge in [-0.2, -0.15) is 9.78 Å². The third-order valence-corrected chi connectivity index (χ3v) is 8.31. The summed E-state index contributed by atoms with van der Waals surface area (Å²) < 4.78 is 20.5. The summed E-state index contributed by atoms with van der Waals surface area (Å²) in [5.74, 6) is 2.56. The number of para-hydroxylation sites is 1. The van der Waals surface area contributed by atoms with Crippen LogP contribution in [-0.2, 0) is 6.61 Å². The Hall–Kier alpha value is -3.95. The highest BCUT2D eigenvalue weighted by Gasteiger charge is 2.19. The molecule has 7 nitrogen and oxygen atoms in total. The minimum absolute atomic E-state index is 0.200. The number of rotatable bonds is 9. The van der Waals surface area contributed by atoms with Crippen LogP contribution in [0.2, 0.25) is 0 Å². The van der Waals surface area contributed by atoms with E-state index < -0.39 is 0 Å². The molecule has 9 heteroatoms.